The van der Waals surface area contributed by atoms with Gasteiger partial charge < -0.3 is 21.7 Å². The second-order valence-electron chi connectivity index (χ2n) is 9.17. The molecule has 8 heteroatoms. The highest BCUT2D eigenvalue weighted by atomic mass is 32.1. The maximum absolute atomic E-state index is 13.3. The number of carbonyl (C=O) groups is 2. The maximum atomic E-state index is 13.3. The number of nitrogens with two attached hydrogens (primary N) is 1. The van der Waals surface area contributed by atoms with Crippen molar-refractivity contribution in [1.82, 2.24) is 15.6 Å². The van der Waals surface area contributed by atoms with E-state index in [0.29, 0.717) is 34.4 Å². The lowest BCUT2D eigenvalue weighted by molar-refractivity contribution is 0.0944. The first-order chi connectivity index (χ1) is 18.0. The highest BCUT2D eigenvalue weighted by Gasteiger charge is 2.24. The number of rotatable bonds is 9. The molecule has 4 aromatic rings. The molecule has 188 valence electrons. The van der Waals surface area contributed by atoms with E-state index in [9.17, 15) is 9.59 Å². The molecule has 1 heterocycles. The topological polar surface area (TPSA) is 109 Å². The lowest BCUT2D eigenvalue weighted by atomic mass is 10.1. The fourth-order valence-electron chi connectivity index (χ4n) is 3.89. The number of anilines is 2. The number of aryl methyl sites for hydroxylation is 1. The van der Waals surface area contributed by atoms with Gasteiger partial charge >= 0.3 is 0 Å². The van der Waals surface area contributed by atoms with Crippen molar-refractivity contribution in [1.29, 1.82) is 0 Å². The van der Waals surface area contributed by atoms with Gasteiger partial charge in [-0.3, -0.25) is 9.59 Å². The van der Waals surface area contributed by atoms with E-state index >= 15 is 0 Å². The molecule has 1 aliphatic carbocycles. The average Bonchev–Trinajstić information content (AvgIpc) is 3.64. The van der Waals surface area contributed by atoms with Crippen molar-refractivity contribution in [2.45, 2.75) is 38.9 Å². The summed E-state index contributed by atoms with van der Waals surface area (Å²) in [6.07, 6.45) is 2.07. The molecule has 0 spiro atoms. The molecule has 1 aromatic heterocycles. The number of hydrogen-bond acceptors (Lipinski definition) is 6. The van der Waals surface area contributed by atoms with E-state index in [4.69, 9.17) is 10.7 Å². The van der Waals surface area contributed by atoms with Crippen molar-refractivity contribution in [3.8, 4) is 11.3 Å². The summed E-state index contributed by atoms with van der Waals surface area (Å²) in [4.78, 5) is 31.2. The van der Waals surface area contributed by atoms with Crippen LogP contribution in [-0.2, 0) is 13.1 Å². The van der Waals surface area contributed by atoms with Gasteiger partial charge in [0.05, 0.1) is 5.69 Å². The summed E-state index contributed by atoms with van der Waals surface area (Å²) in [6.45, 7) is 2.83. The Kier molecular flexibility index (Phi) is 7.30. The fraction of sp³-hybridized carbons (Fsp3) is 0.207. The SMILES string of the molecule is Cc1ccc(C(=O)NC2CC2)cc1Nc1nc(-c2ccc(CN)cc2)c(C(=O)NCc2ccccc2)s1. The predicted octanol–water partition coefficient (Wildman–Crippen LogP) is 5.14. The number of carbonyl (C=O) groups excluding carboxylic acids is 2. The Morgan fingerprint density at radius 2 is 1.73 bits per heavy atom. The molecule has 0 radical (unpaired) electrons. The minimum Gasteiger partial charge on any atom is -0.349 e. The largest absolute Gasteiger partial charge is 0.349 e. The summed E-state index contributed by atoms with van der Waals surface area (Å²) in [5.74, 6) is -0.270. The fourth-order valence-corrected chi connectivity index (χ4v) is 4.81. The normalized spacial score (nSPS) is 12.7. The minimum atomic E-state index is -0.193. The number of nitrogens with one attached hydrogen (secondary N) is 3. The van der Waals surface area contributed by atoms with Crippen LogP contribution < -0.4 is 21.7 Å². The van der Waals surface area contributed by atoms with Crippen molar-refractivity contribution in [2.24, 2.45) is 5.73 Å². The summed E-state index contributed by atoms with van der Waals surface area (Å²) in [7, 11) is 0. The number of benzene rings is 3. The van der Waals surface area contributed by atoms with E-state index in [1.165, 1.54) is 11.3 Å². The molecule has 0 bridgehead atoms. The van der Waals surface area contributed by atoms with Crippen LogP contribution in [0.5, 0.6) is 0 Å². The third kappa shape index (κ3) is 6.04. The van der Waals surface area contributed by atoms with Gasteiger partial charge in [0.1, 0.15) is 4.88 Å². The van der Waals surface area contributed by atoms with Gasteiger partial charge in [0.25, 0.3) is 11.8 Å². The van der Waals surface area contributed by atoms with Crippen LogP contribution in [0, 0.1) is 6.92 Å². The molecule has 0 atom stereocenters. The van der Waals surface area contributed by atoms with Crippen LogP contribution >= 0.6 is 11.3 Å². The summed E-state index contributed by atoms with van der Waals surface area (Å²) in [5, 5.41) is 9.96. The molecule has 3 aromatic carbocycles. The van der Waals surface area contributed by atoms with Crippen LogP contribution in [0.2, 0.25) is 0 Å². The van der Waals surface area contributed by atoms with E-state index in [-0.39, 0.29) is 17.9 Å². The second kappa shape index (κ2) is 10.9. The molecule has 5 N–H and O–H groups in total. The zero-order valence-corrected chi connectivity index (χ0v) is 21.4. The summed E-state index contributed by atoms with van der Waals surface area (Å²) in [5.41, 5.74) is 11.6. The van der Waals surface area contributed by atoms with Crippen molar-refractivity contribution in [3.63, 3.8) is 0 Å². The molecule has 0 unspecified atom stereocenters. The van der Waals surface area contributed by atoms with Crippen molar-refractivity contribution >= 4 is 34.0 Å². The molecule has 1 fully saturated rings. The Labute approximate surface area is 220 Å². The number of amides is 2. The zero-order valence-electron chi connectivity index (χ0n) is 20.6. The first-order valence-corrected chi connectivity index (χ1v) is 13.1. The monoisotopic (exact) mass is 511 g/mol. The molecule has 2 amide bonds. The van der Waals surface area contributed by atoms with Crippen LogP contribution in [0.15, 0.2) is 72.8 Å². The van der Waals surface area contributed by atoms with Crippen LogP contribution in [0.4, 0.5) is 10.8 Å². The zero-order chi connectivity index (χ0) is 25.8. The summed E-state index contributed by atoms with van der Waals surface area (Å²) in [6, 6.07) is 23.4. The first kappa shape index (κ1) is 24.7. The highest BCUT2D eigenvalue weighted by molar-refractivity contribution is 7.18. The van der Waals surface area contributed by atoms with Gasteiger partial charge in [0, 0.05) is 35.9 Å². The van der Waals surface area contributed by atoms with Crippen molar-refractivity contribution in [2.75, 3.05) is 5.32 Å². The molecule has 1 saturated carbocycles. The number of hydrogen-bond donors (Lipinski definition) is 4. The second-order valence-corrected chi connectivity index (χ2v) is 10.2. The molecule has 5 rings (SSSR count). The van der Waals surface area contributed by atoms with Crippen LogP contribution in [0.1, 0.15) is 49.6 Å². The van der Waals surface area contributed by atoms with Gasteiger partial charge in [-0.2, -0.15) is 0 Å². The number of thiazole rings is 1. The lowest BCUT2D eigenvalue weighted by Crippen LogP contribution is -2.25. The van der Waals surface area contributed by atoms with E-state index in [2.05, 4.69) is 16.0 Å². The molecule has 0 saturated heterocycles. The quantitative estimate of drug-likeness (QED) is 0.249. The van der Waals surface area contributed by atoms with Gasteiger partial charge in [-0.25, -0.2) is 4.98 Å². The average molecular weight is 512 g/mol. The van der Waals surface area contributed by atoms with Gasteiger partial charge in [0.15, 0.2) is 5.13 Å². The lowest BCUT2D eigenvalue weighted by Gasteiger charge is -2.10. The smallest absolute Gasteiger partial charge is 0.264 e. The highest BCUT2D eigenvalue weighted by Crippen LogP contribution is 2.34. The van der Waals surface area contributed by atoms with Crippen molar-refractivity contribution in [3.05, 3.63) is 99.9 Å². The van der Waals surface area contributed by atoms with E-state index in [1.807, 2.05) is 79.7 Å². The number of nitrogens with zero attached hydrogens (tertiary/aromatic N) is 1. The minimum absolute atomic E-state index is 0.0775. The van der Waals surface area contributed by atoms with E-state index in [1.54, 1.807) is 0 Å². The van der Waals surface area contributed by atoms with E-state index in [0.717, 1.165) is 40.8 Å². The molecule has 37 heavy (non-hydrogen) atoms. The van der Waals surface area contributed by atoms with E-state index < -0.39 is 0 Å². The molecule has 0 aliphatic heterocycles. The first-order valence-electron chi connectivity index (χ1n) is 12.3. The Morgan fingerprint density at radius 3 is 2.43 bits per heavy atom. The third-order valence-electron chi connectivity index (χ3n) is 6.25. The summed E-state index contributed by atoms with van der Waals surface area (Å²) >= 11 is 1.29. The van der Waals surface area contributed by atoms with Crippen LogP contribution in [0.25, 0.3) is 11.3 Å². The van der Waals surface area contributed by atoms with Crippen LogP contribution in [-0.4, -0.2) is 22.8 Å². The van der Waals surface area contributed by atoms with Crippen molar-refractivity contribution < 1.29 is 9.59 Å². The van der Waals surface area contributed by atoms with Gasteiger partial charge in [0.2, 0.25) is 0 Å². The molecule has 1 aliphatic rings. The van der Waals surface area contributed by atoms with Gasteiger partial charge in [-0.1, -0.05) is 72.0 Å². The molecular formula is C29H29N5O2S. The molecular weight excluding hydrogens is 482 g/mol. The number of aromatic nitrogens is 1. The Morgan fingerprint density at radius 1 is 0.973 bits per heavy atom. The van der Waals surface area contributed by atoms with Gasteiger partial charge in [-0.05, 0) is 48.6 Å². The third-order valence-corrected chi connectivity index (χ3v) is 7.22. The Balaban J connectivity index is 1.43. The molecule has 7 nitrogen and oxygen atoms in total. The Bertz CT molecular complexity index is 1410. The predicted molar refractivity (Wildman–Crippen MR) is 148 cm³/mol. The standard InChI is InChI=1S/C29H29N5O2S/c1-18-7-10-22(27(35)32-23-13-14-23)15-24(18)33-29-34-25(21-11-8-19(16-30)9-12-21)26(37-29)28(36)31-17-20-5-3-2-4-6-20/h2-12,15,23H,13-14,16-17,30H2,1H3,(H,31,36)(H,32,35)(H,33,34). The van der Waals surface area contributed by atoms with Crippen LogP contribution in [0.3, 0.4) is 0 Å². The van der Waals surface area contributed by atoms with Gasteiger partial charge in [-0.15, -0.1) is 0 Å². The Hall–Kier alpha value is -4.01. The maximum Gasteiger partial charge on any atom is 0.264 e. The summed E-state index contributed by atoms with van der Waals surface area (Å²) < 4.78 is 0.